The number of hydrogen-bond donors (Lipinski definition) is 0. The van der Waals surface area contributed by atoms with E-state index >= 15 is 0 Å². The van der Waals surface area contributed by atoms with E-state index in [-0.39, 0.29) is 43.2 Å². The van der Waals surface area contributed by atoms with Crippen LogP contribution in [-0.2, 0) is 27.2 Å². The molecule has 0 bridgehead atoms. The van der Waals surface area contributed by atoms with Crippen molar-refractivity contribution in [3.63, 3.8) is 0 Å². The number of rotatable bonds is 10. The zero-order chi connectivity index (χ0) is 24.6. The molecule has 3 aromatic rings. The van der Waals surface area contributed by atoms with Crippen LogP contribution in [0.2, 0.25) is 0 Å². The predicted molar refractivity (Wildman–Crippen MR) is 133 cm³/mol. The van der Waals surface area contributed by atoms with Crippen LogP contribution >= 0.6 is 11.3 Å². The summed E-state index contributed by atoms with van der Waals surface area (Å²) in [6.07, 6.45) is 0.976. The summed E-state index contributed by atoms with van der Waals surface area (Å²) in [5, 5.41) is 2.02. The minimum atomic E-state index is -0.374. The lowest BCUT2D eigenvalue weighted by Gasteiger charge is -2.37. The Morgan fingerprint density at radius 3 is 2.74 bits per heavy atom. The van der Waals surface area contributed by atoms with Gasteiger partial charge in [-0.15, -0.1) is 11.3 Å². The van der Waals surface area contributed by atoms with E-state index in [1.165, 1.54) is 17.0 Å². The Balaban J connectivity index is 1.48. The van der Waals surface area contributed by atoms with Crippen LogP contribution in [0.3, 0.4) is 0 Å². The number of benzene rings is 2. The van der Waals surface area contributed by atoms with Gasteiger partial charge in [-0.25, -0.2) is 4.39 Å². The number of methoxy groups -OCH3 is 1. The Kier molecular flexibility index (Phi) is 8.50. The third kappa shape index (κ3) is 6.46. The topological polar surface area (TPSA) is 59.1 Å². The van der Waals surface area contributed by atoms with Crippen molar-refractivity contribution in [1.82, 2.24) is 9.80 Å². The van der Waals surface area contributed by atoms with Gasteiger partial charge in [-0.1, -0.05) is 36.4 Å². The fourth-order valence-electron chi connectivity index (χ4n) is 4.24. The highest BCUT2D eigenvalue weighted by molar-refractivity contribution is 7.10. The molecule has 0 saturated heterocycles. The Morgan fingerprint density at radius 2 is 1.97 bits per heavy atom. The number of ether oxygens (including phenoxy) is 2. The smallest absolute Gasteiger partial charge is 0.242 e. The summed E-state index contributed by atoms with van der Waals surface area (Å²) >= 11 is 1.66. The molecule has 4 rings (SSSR count). The van der Waals surface area contributed by atoms with Crippen LogP contribution in [0, 0.1) is 5.82 Å². The summed E-state index contributed by atoms with van der Waals surface area (Å²) in [6.45, 7) is 1.37. The van der Waals surface area contributed by atoms with Gasteiger partial charge in [0.15, 0.2) is 0 Å². The first-order valence-electron chi connectivity index (χ1n) is 11.6. The molecule has 1 aromatic heterocycles. The average Bonchev–Trinajstić information content (AvgIpc) is 3.35. The van der Waals surface area contributed by atoms with E-state index in [1.807, 2.05) is 41.8 Å². The van der Waals surface area contributed by atoms with Crippen molar-refractivity contribution in [3.8, 4) is 5.75 Å². The molecular weight excluding hydrogens is 467 g/mol. The number of carbonyl (C=O) groups is 2. The van der Waals surface area contributed by atoms with E-state index in [9.17, 15) is 14.0 Å². The first-order valence-corrected chi connectivity index (χ1v) is 12.5. The lowest BCUT2D eigenvalue weighted by Crippen LogP contribution is -2.48. The van der Waals surface area contributed by atoms with Gasteiger partial charge in [-0.3, -0.25) is 9.59 Å². The summed E-state index contributed by atoms with van der Waals surface area (Å²) < 4.78 is 24.7. The zero-order valence-electron chi connectivity index (χ0n) is 19.7. The first-order chi connectivity index (χ1) is 17.0. The highest BCUT2D eigenvalue weighted by Crippen LogP contribution is 2.34. The molecule has 0 aliphatic carbocycles. The second-order valence-electron chi connectivity index (χ2n) is 8.39. The molecule has 184 valence electrons. The molecule has 2 aromatic carbocycles. The van der Waals surface area contributed by atoms with Crippen LogP contribution < -0.4 is 4.74 Å². The van der Waals surface area contributed by atoms with Gasteiger partial charge in [-0.05, 0) is 41.1 Å². The highest BCUT2D eigenvalue weighted by Gasteiger charge is 2.33. The van der Waals surface area contributed by atoms with Gasteiger partial charge in [-0.2, -0.15) is 0 Å². The van der Waals surface area contributed by atoms with Gasteiger partial charge >= 0.3 is 0 Å². The number of amides is 2. The molecule has 1 aliphatic rings. The third-order valence-electron chi connectivity index (χ3n) is 6.06. The van der Waals surface area contributed by atoms with Crippen LogP contribution in [0.5, 0.6) is 5.75 Å². The van der Waals surface area contributed by atoms with Crippen molar-refractivity contribution < 1.29 is 23.5 Å². The molecule has 0 radical (unpaired) electrons. The molecule has 1 aliphatic heterocycles. The molecule has 6 nitrogen and oxygen atoms in total. The highest BCUT2D eigenvalue weighted by atomic mass is 32.1. The lowest BCUT2D eigenvalue weighted by molar-refractivity contribution is -0.142. The quantitative estimate of drug-likeness (QED) is 0.424. The molecule has 0 N–H and O–H groups in total. The summed E-state index contributed by atoms with van der Waals surface area (Å²) in [5.41, 5.74) is 1.94. The Hall–Kier alpha value is -3.23. The summed E-state index contributed by atoms with van der Waals surface area (Å²) in [6, 6.07) is 17.2. The first kappa shape index (κ1) is 24.9. The van der Waals surface area contributed by atoms with E-state index in [1.54, 1.807) is 40.4 Å². The normalized spacial score (nSPS) is 14.9. The molecular formula is C27H29FN2O4S. The predicted octanol–water partition coefficient (Wildman–Crippen LogP) is 4.11. The molecule has 0 spiro atoms. The average molecular weight is 497 g/mol. The SMILES string of the molecule is COCCN(CC(=O)N1CCc2sccc2C1COc1cccc(F)c1)C(=O)Cc1ccccc1. The number of fused-ring (bicyclic) bond motifs is 1. The van der Waals surface area contributed by atoms with Crippen molar-refractivity contribution in [2.45, 2.75) is 18.9 Å². The third-order valence-corrected chi connectivity index (χ3v) is 7.06. The lowest BCUT2D eigenvalue weighted by atomic mass is 10.0. The maximum Gasteiger partial charge on any atom is 0.242 e. The molecule has 1 unspecified atom stereocenters. The molecule has 1 atom stereocenters. The number of hydrogen-bond acceptors (Lipinski definition) is 5. The number of nitrogens with zero attached hydrogens (tertiary/aromatic N) is 2. The fourth-order valence-corrected chi connectivity index (χ4v) is 5.16. The fraction of sp³-hybridized carbons (Fsp3) is 0.333. The summed E-state index contributed by atoms with van der Waals surface area (Å²) in [7, 11) is 1.57. The Bertz CT molecular complexity index is 1140. The maximum absolute atomic E-state index is 13.6. The van der Waals surface area contributed by atoms with Crippen LogP contribution in [0.25, 0.3) is 0 Å². The van der Waals surface area contributed by atoms with Crippen LogP contribution in [0.15, 0.2) is 66.0 Å². The van der Waals surface area contributed by atoms with Crippen molar-refractivity contribution in [1.29, 1.82) is 0 Å². The molecule has 0 fully saturated rings. The van der Waals surface area contributed by atoms with Gasteiger partial charge in [0.05, 0.1) is 25.6 Å². The Labute approximate surface area is 208 Å². The van der Waals surface area contributed by atoms with E-state index < -0.39 is 0 Å². The molecule has 8 heteroatoms. The van der Waals surface area contributed by atoms with Crippen LogP contribution in [-0.4, -0.2) is 61.6 Å². The molecule has 2 amide bonds. The minimum Gasteiger partial charge on any atom is -0.491 e. The number of thiophene rings is 1. The van der Waals surface area contributed by atoms with Crippen molar-refractivity contribution in [2.24, 2.45) is 0 Å². The van der Waals surface area contributed by atoms with E-state index in [0.29, 0.717) is 25.4 Å². The number of carbonyl (C=O) groups excluding carboxylic acids is 2. The van der Waals surface area contributed by atoms with Gasteiger partial charge in [0.25, 0.3) is 0 Å². The largest absolute Gasteiger partial charge is 0.491 e. The van der Waals surface area contributed by atoms with E-state index in [0.717, 1.165) is 17.5 Å². The summed E-state index contributed by atoms with van der Waals surface area (Å²) in [5.74, 6) is -0.227. The van der Waals surface area contributed by atoms with Crippen LogP contribution in [0.4, 0.5) is 4.39 Å². The number of halogens is 1. The zero-order valence-corrected chi connectivity index (χ0v) is 20.5. The van der Waals surface area contributed by atoms with Crippen molar-refractivity contribution in [3.05, 3.63) is 87.9 Å². The monoisotopic (exact) mass is 496 g/mol. The Morgan fingerprint density at radius 1 is 1.14 bits per heavy atom. The minimum absolute atomic E-state index is 0.0367. The van der Waals surface area contributed by atoms with E-state index in [4.69, 9.17) is 9.47 Å². The van der Waals surface area contributed by atoms with Gasteiger partial charge in [0.1, 0.15) is 18.2 Å². The van der Waals surface area contributed by atoms with Crippen molar-refractivity contribution in [2.75, 3.05) is 40.0 Å². The van der Waals surface area contributed by atoms with Crippen molar-refractivity contribution >= 4 is 23.2 Å². The van der Waals surface area contributed by atoms with Gasteiger partial charge in [0, 0.05) is 31.1 Å². The van der Waals surface area contributed by atoms with E-state index in [2.05, 4.69) is 0 Å². The van der Waals surface area contributed by atoms with Crippen LogP contribution in [0.1, 0.15) is 22.0 Å². The maximum atomic E-state index is 13.6. The molecule has 0 saturated carbocycles. The second-order valence-corrected chi connectivity index (χ2v) is 9.39. The van der Waals surface area contributed by atoms with Gasteiger partial charge < -0.3 is 19.3 Å². The molecule has 2 heterocycles. The second kappa shape index (κ2) is 12.0. The summed E-state index contributed by atoms with van der Waals surface area (Å²) in [4.78, 5) is 31.1. The van der Waals surface area contributed by atoms with Gasteiger partial charge in [0.2, 0.25) is 11.8 Å². The molecule has 35 heavy (non-hydrogen) atoms. The standard InChI is InChI=1S/C27H29FN2O4S/c1-33-14-13-29(26(31)16-20-6-3-2-4-7-20)18-27(32)30-12-10-25-23(11-15-35-25)24(30)19-34-22-9-5-8-21(28)17-22/h2-9,11,15,17,24H,10,12-14,16,18-19H2,1H3.